The highest BCUT2D eigenvalue weighted by Crippen LogP contribution is 2.26. The van der Waals surface area contributed by atoms with Crippen molar-refractivity contribution in [2.75, 3.05) is 26.7 Å². The molecule has 0 aromatic carbocycles. The van der Waals surface area contributed by atoms with Crippen molar-refractivity contribution < 1.29 is 4.42 Å². The first-order chi connectivity index (χ1) is 10.3. The minimum absolute atomic E-state index is 0.837. The second kappa shape index (κ2) is 7.20. The van der Waals surface area contributed by atoms with Gasteiger partial charge in [0, 0.05) is 0 Å². The molecule has 5 heteroatoms. The van der Waals surface area contributed by atoms with Gasteiger partial charge in [-0.3, -0.25) is 4.90 Å². The third-order valence-corrected chi connectivity index (χ3v) is 5.07. The first-order valence-electron chi connectivity index (χ1n) is 7.70. The zero-order chi connectivity index (χ0) is 14.5. The fourth-order valence-electron chi connectivity index (χ4n) is 2.89. The second-order valence-electron chi connectivity index (χ2n) is 5.71. The van der Waals surface area contributed by atoms with Gasteiger partial charge in [0.05, 0.1) is 17.6 Å². The maximum atomic E-state index is 5.87. The van der Waals surface area contributed by atoms with Crippen LogP contribution in [0.15, 0.2) is 28.1 Å². The molecular formula is C16H23N3OS. The molecule has 2 aromatic heterocycles. The van der Waals surface area contributed by atoms with Crippen LogP contribution in [0.1, 0.15) is 25.2 Å². The number of aromatic nitrogens is 1. The van der Waals surface area contributed by atoms with E-state index in [0.29, 0.717) is 0 Å². The molecule has 1 aliphatic heterocycles. The molecule has 4 nitrogen and oxygen atoms in total. The summed E-state index contributed by atoms with van der Waals surface area (Å²) in [5.74, 6) is 2.61. The van der Waals surface area contributed by atoms with Crippen LogP contribution in [0.25, 0.3) is 10.6 Å². The average Bonchev–Trinajstić information content (AvgIpc) is 3.17. The largest absolute Gasteiger partial charge is 0.438 e. The Morgan fingerprint density at radius 3 is 3.00 bits per heavy atom. The van der Waals surface area contributed by atoms with Crippen LogP contribution >= 0.6 is 11.3 Å². The first-order valence-corrected chi connectivity index (χ1v) is 8.58. The van der Waals surface area contributed by atoms with Crippen LogP contribution in [0, 0.1) is 5.92 Å². The fraction of sp³-hybridized carbons (Fsp3) is 0.562. The molecule has 0 atom stereocenters. The normalized spacial score (nSPS) is 17.4. The molecule has 0 spiro atoms. The summed E-state index contributed by atoms with van der Waals surface area (Å²) in [6.45, 7) is 4.29. The number of rotatable bonds is 6. The third kappa shape index (κ3) is 3.93. The van der Waals surface area contributed by atoms with Crippen molar-refractivity contribution in [1.82, 2.24) is 15.2 Å². The van der Waals surface area contributed by atoms with Crippen LogP contribution < -0.4 is 5.32 Å². The molecule has 0 saturated carbocycles. The van der Waals surface area contributed by atoms with E-state index in [9.17, 15) is 0 Å². The Labute approximate surface area is 130 Å². The van der Waals surface area contributed by atoms with E-state index in [2.05, 4.69) is 26.6 Å². The summed E-state index contributed by atoms with van der Waals surface area (Å²) < 4.78 is 5.87. The van der Waals surface area contributed by atoms with E-state index < -0.39 is 0 Å². The van der Waals surface area contributed by atoms with E-state index in [1.165, 1.54) is 19.3 Å². The highest BCUT2D eigenvalue weighted by atomic mass is 32.1. The third-order valence-electron chi connectivity index (χ3n) is 4.19. The van der Waals surface area contributed by atoms with E-state index in [-0.39, 0.29) is 0 Å². The average molecular weight is 305 g/mol. The summed E-state index contributed by atoms with van der Waals surface area (Å²) in [4.78, 5) is 8.03. The summed E-state index contributed by atoms with van der Waals surface area (Å²) in [7, 11) is 2.03. The maximum absolute atomic E-state index is 5.87. The van der Waals surface area contributed by atoms with Gasteiger partial charge in [0.25, 0.3) is 0 Å². The van der Waals surface area contributed by atoms with Gasteiger partial charge in [-0.15, -0.1) is 11.3 Å². The van der Waals surface area contributed by atoms with Gasteiger partial charge in [0.15, 0.2) is 5.76 Å². The summed E-state index contributed by atoms with van der Waals surface area (Å²) in [6.07, 6.45) is 5.73. The molecule has 2 aromatic rings. The first kappa shape index (κ1) is 14.8. The predicted octanol–water partition coefficient (Wildman–Crippen LogP) is 3.22. The number of thiophene rings is 1. The lowest BCUT2D eigenvalue weighted by molar-refractivity contribution is 0.160. The Morgan fingerprint density at radius 1 is 1.43 bits per heavy atom. The molecule has 0 radical (unpaired) electrons. The standard InChI is InChI=1S/C16H23N3OS/c1-17-7-4-13-5-8-19(9-6-13)12-16-18-11-14(20-16)15-3-2-10-21-15/h2-3,10-11,13,17H,4-9,12H2,1H3. The van der Waals surface area contributed by atoms with Gasteiger partial charge < -0.3 is 9.73 Å². The molecule has 3 rings (SSSR count). The quantitative estimate of drug-likeness (QED) is 0.889. The Morgan fingerprint density at radius 2 is 2.29 bits per heavy atom. The number of nitrogens with zero attached hydrogens (tertiary/aromatic N) is 2. The number of hydrogen-bond donors (Lipinski definition) is 1. The van der Waals surface area contributed by atoms with Gasteiger partial charge >= 0.3 is 0 Å². The summed E-state index contributed by atoms with van der Waals surface area (Å²) >= 11 is 1.69. The Hall–Kier alpha value is -1.17. The number of piperidine rings is 1. The summed E-state index contributed by atoms with van der Waals surface area (Å²) in [5.41, 5.74) is 0. The Bertz CT molecular complexity index is 529. The van der Waals surface area contributed by atoms with Crippen LogP contribution in [0.3, 0.4) is 0 Å². The van der Waals surface area contributed by atoms with Crippen LogP contribution in [0.5, 0.6) is 0 Å². The highest BCUT2D eigenvalue weighted by Gasteiger charge is 2.20. The van der Waals surface area contributed by atoms with Gasteiger partial charge in [-0.05, 0) is 63.3 Å². The van der Waals surface area contributed by atoms with E-state index in [1.807, 2.05) is 19.3 Å². The van der Waals surface area contributed by atoms with Gasteiger partial charge in [-0.1, -0.05) is 6.07 Å². The molecule has 114 valence electrons. The molecule has 1 saturated heterocycles. The molecule has 0 unspecified atom stereocenters. The number of oxazole rings is 1. The fourth-order valence-corrected chi connectivity index (χ4v) is 3.56. The van der Waals surface area contributed by atoms with E-state index in [0.717, 1.165) is 48.6 Å². The zero-order valence-electron chi connectivity index (χ0n) is 12.5. The molecule has 0 amide bonds. The number of likely N-dealkylation sites (tertiary alicyclic amines) is 1. The number of nitrogens with one attached hydrogen (secondary N) is 1. The lowest BCUT2D eigenvalue weighted by Crippen LogP contribution is -2.34. The summed E-state index contributed by atoms with van der Waals surface area (Å²) in [6, 6.07) is 4.11. The lowest BCUT2D eigenvalue weighted by Gasteiger charge is -2.31. The van der Waals surface area contributed by atoms with Crippen molar-refractivity contribution in [1.29, 1.82) is 0 Å². The molecule has 1 fully saturated rings. The second-order valence-corrected chi connectivity index (χ2v) is 6.65. The predicted molar refractivity (Wildman–Crippen MR) is 86.4 cm³/mol. The van der Waals surface area contributed by atoms with Crippen molar-refractivity contribution in [3.63, 3.8) is 0 Å². The van der Waals surface area contributed by atoms with Gasteiger partial charge in [-0.25, -0.2) is 4.98 Å². The van der Waals surface area contributed by atoms with Crippen LogP contribution in [0.4, 0.5) is 0 Å². The summed E-state index contributed by atoms with van der Waals surface area (Å²) in [5, 5.41) is 5.31. The molecule has 0 aliphatic carbocycles. The van der Waals surface area contributed by atoms with Crippen molar-refractivity contribution >= 4 is 11.3 Å². The van der Waals surface area contributed by atoms with Gasteiger partial charge in [-0.2, -0.15) is 0 Å². The minimum Gasteiger partial charge on any atom is -0.438 e. The number of hydrogen-bond acceptors (Lipinski definition) is 5. The maximum Gasteiger partial charge on any atom is 0.209 e. The smallest absolute Gasteiger partial charge is 0.209 e. The molecule has 1 aliphatic rings. The molecular weight excluding hydrogens is 282 g/mol. The highest BCUT2D eigenvalue weighted by molar-refractivity contribution is 7.13. The van der Waals surface area contributed by atoms with Crippen molar-refractivity contribution in [2.45, 2.75) is 25.8 Å². The lowest BCUT2D eigenvalue weighted by atomic mass is 9.93. The molecule has 3 heterocycles. The van der Waals surface area contributed by atoms with Crippen molar-refractivity contribution in [2.24, 2.45) is 5.92 Å². The SMILES string of the molecule is CNCCC1CCN(Cc2ncc(-c3cccs3)o2)CC1. The van der Waals surface area contributed by atoms with Gasteiger partial charge in [0.2, 0.25) is 5.89 Å². The van der Waals surface area contributed by atoms with Gasteiger partial charge in [0.1, 0.15) is 0 Å². The van der Waals surface area contributed by atoms with Crippen LogP contribution in [-0.4, -0.2) is 36.6 Å². The molecule has 1 N–H and O–H groups in total. The molecule has 21 heavy (non-hydrogen) atoms. The van der Waals surface area contributed by atoms with Crippen LogP contribution in [-0.2, 0) is 6.54 Å². The monoisotopic (exact) mass is 305 g/mol. The van der Waals surface area contributed by atoms with Crippen LogP contribution in [0.2, 0.25) is 0 Å². The van der Waals surface area contributed by atoms with Crippen molar-refractivity contribution in [3.05, 3.63) is 29.6 Å². The Kier molecular flexibility index (Phi) is 5.06. The van der Waals surface area contributed by atoms with E-state index in [4.69, 9.17) is 4.42 Å². The topological polar surface area (TPSA) is 41.3 Å². The molecule has 0 bridgehead atoms. The Balaban J connectivity index is 1.49. The zero-order valence-corrected chi connectivity index (χ0v) is 13.4. The minimum atomic E-state index is 0.837. The van der Waals surface area contributed by atoms with E-state index in [1.54, 1.807) is 11.3 Å². The van der Waals surface area contributed by atoms with Crippen molar-refractivity contribution in [3.8, 4) is 10.6 Å². The van der Waals surface area contributed by atoms with E-state index >= 15 is 0 Å².